The minimum absolute atomic E-state index is 0.0340. The minimum atomic E-state index is -0.406. The number of nitrogens with zero attached hydrogens (tertiary/aromatic N) is 1. The number of aryl methyl sites for hydroxylation is 1. The van der Waals surface area contributed by atoms with Gasteiger partial charge in [-0.25, -0.2) is 4.90 Å². The fraction of sp³-hybridized carbons (Fsp3) is 0.273. The van der Waals surface area contributed by atoms with Crippen LogP contribution in [0.4, 0.5) is 5.69 Å². The largest absolute Gasteiger partial charge is 0.491 e. The fourth-order valence-electron chi connectivity index (χ4n) is 3.06. The van der Waals surface area contributed by atoms with Crippen LogP contribution in [0.1, 0.15) is 25.0 Å². The number of benzene rings is 2. The van der Waals surface area contributed by atoms with Crippen molar-refractivity contribution in [3.8, 4) is 5.75 Å². The molecule has 7 heteroatoms. The van der Waals surface area contributed by atoms with Gasteiger partial charge in [-0.15, -0.1) is 11.8 Å². The third-order valence-corrected chi connectivity index (χ3v) is 5.60. The number of rotatable bonds is 7. The molecule has 2 aromatic carbocycles. The zero-order valence-corrected chi connectivity index (χ0v) is 18.0. The number of hydrogen-bond acceptors (Lipinski definition) is 5. The van der Waals surface area contributed by atoms with Crippen LogP contribution >= 0.6 is 23.4 Å². The molecule has 0 aromatic heterocycles. The molecule has 0 atom stereocenters. The first-order valence-electron chi connectivity index (χ1n) is 9.23. The number of thioether (sulfide) groups is 1. The number of halogens is 1. The second-order valence-electron chi connectivity index (χ2n) is 6.84. The van der Waals surface area contributed by atoms with Gasteiger partial charge in [0.2, 0.25) is 0 Å². The number of aliphatic hydroxyl groups is 1. The van der Waals surface area contributed by atoms with Crippen molar-refractivity contribution in [1.82, 2.24) is 0 Å². The summed E-state index contributed by atoms with van der Waals surface area (Å²) >= 11 is 7.28. The van der Waals surface area contributed by atoms with Crippen LogP contribution in [0.5, 0.6) is 5.75 Å². The van der Waals surface area contributed by atoms with Crippen LogP contribution in [-0.4, -0.2) is 35.4 Å². The SMILES string of the molecule is Cc1ccc(Cl)cc1N1C(=O)C(SCCO)=C(c2ccc(OC(C)C)cc2)C1=O. The lowest BCUT2D eigenvalue weighted by Crippen LogP contribution is -2.32. The van der Waals surface area contributed by atoms with Crippen molar-refractivity contribution in [2.75, 3.05) is 17.3 Å². The Kier molecular flexibility index (Phi) is 6.67. The molecule has 0 unspecified atom stereocenters. The van der Waals surface area contributed by atoms with Crippen LogP contribution < -0.4 is 9.64 Å². The highest BCUT2D eigenvalue weighted by atomic mass is 35.5. The molecule has 1 aliphatic rings. The Balaban J connectivity index is 2.04. The Morgan fingerprint density at radius 2 is 1.79 bits per heavy atom. The monoisotopic (exact) mass is 431 g/mol. The first kappa shape index (κ1) is 21.4. The van der Waals surface area contributed by atoms with Crippen molar-refractivity contribution in [3.63, 3.8) is 0 Å². The molecule has 1 N–H and O–H groups in total. The lowest BCUT2D eigenvalue weighted by molar-refractivity contribution is -0.119. The first-order chi connectivity index (χ1) is 13.8. The van der Waals surface area contributed by atoms with Gasteiger partial charge in [-0.2, -0.15) is 0 Å². The summed E-state index contributed by atoms with van der Waals surface area (Å²) in [5.41, 5.74) is 2.18. The van der Waals surface area contributed by atoms with Crippen LogP contribution in [0, 0.1) is 6.92 Å². The third kappa shape index (κ3) is 4.50. The van der Waals surface area contributed by atoms with Crippen molar-refractivity contribution >= 4 is 46.4 Å². The Labute approximate surface area is 179 Å². The third-order valence-electron chi connectivity index (χ3n) is 4.31. The van der Waals surface area contributed by atoms with Crippen molar-refractivity contribution in [2.24, 2.45) is 0 Å². The summed E-state index contributed by atoms with van der Waals surface area (Å²) in [7, 11) is 0. The summed E-state index contributed by atoms with van der Waals surface area (Å²) in [5, 5.41) is 9.68. The number of carbonyl (C=O) groups is 2. The van der Waals surface area contributed by atoms with E-state index >= 15 is 0 Å². The molecule has 0 radical (unpaired) electrons. The number of carbonyl (C=O) groups excluding carboxylic acids is 2. The van der Waals surface area contributed by atoms with Gasteiger partial charge in [0, 0.05) is 10.8 Å². The maximum absolute atomic E-state index is 13.3. The molecule has 0 aliphatic carbocycles. The molecule has 0 fully saturated rings. The van der Waals surface area contributed by atoms with Gasteiger partial charge in [-0.1, -0.05) is 29.8 Å². The van der Waals surface area contributed by atoms with E-state index in [1.807, 2.05) is 20.8 Å². The molecule has 1 heterocycles. The van der Waals surface area contributed by atoms with E-state index in [9.17, 15) is 14.7 Å². The summed E-state index contributed by atoms with van der Waals surface area (Å²) in [6.07, 6.45) is 0.0340. The number of amides is 2. The average Bonchev–Trinajstić information content (AvgIpc) is 2.92. The average molecular weight is 432 g/mol. The Morgan fingerprint density at radius 3 is 2.41 bits per heavy atom. The Bertz CT molecular complexity index is 969. The van der Waals surface area contributed by atoms with Crippen LogP contribution in [0.15, 0.2) is 47.4 Å². The van der Waals surface area contributed by atoms with Gasteiger partial charge in [0.15, 0.2) is 0 Å². The molecular formula is C22H22ClNO4S. The van der Waals surface area contributed by atoms with Gasteiger partial charge in [0.05, 0.1) is 28.9 Å². The highest BCUT2D eigenvalue weighted by molar-refractivity contribution is 8.04. The summed E-state index contributed by atoms with van der Waals surface area (Å²) in [5.74, 6) is 0.192. The maximum Gasteiger partial charge on any atom is 0.272 e. The molecule has 1 aliphatic heterocycles. The maximum atomic E-state index is 13.3. The quantitative estimate of drug-likeness (QED) is 0.656. The Morgan fingerprint density at radius 1 is 1.10 bits per heavy atom. The van der Waals surface area contributed by atoms with Crippen LogP contribution in [0.25, 0.3) is 5.57 Å². The number of aliphatic hydroxyl groups excluding tert-OH is 1. The number of hydrogen-bond donors (Lipinski definition) is 1. The van der Waals surface area contributed by atoms with E-state index in [0.717, 1.165) is 10.5 Å². The number of imide groups is 1. The number of ether oxygens (including phenoxy) is 1. The van der Waals surface area contributed by atoms with Crippen LogP contribution in [-0.2, 0) is 9.59 Å². The minimum Gasteiger partial charge on any atom is -0.491 e. The smallest absolute Gasteiger partial charge is 0.272 e. The van der Waals surface area contributed by atoms with Crippen molar-refractivity contribution in [3.05, 3.63) is 63.5 Å². The van der Waals surface area contributed by atoms with E-state index in [1.54, 1.807) is 42.5 Å². The molecule has 3 rings (SSSR count). The zero-order chi connectivity index (χ0) is 21.1. The summed E-state index contributed by atoms with van der Waals surface area (Å²) in [6.45, 7) is 5.60. The first-order valence-corrected chi connectivity index (χ1v) is 10.6. The van der Waals surface area contributed by atoms with Crippen molar-refractivity contribution < 1.29 is 19.4 Å². The van der Waals surface area contributed by atoms with E-state index in [0.29, 0.717) is 38.3 Å². The lowest BCUT2D eigenvalue weighted by Gasteiger charge is -2.18. The van der Waals surface area contributed by atoms with Crippen molar-refractivity contribution in [2.45, 2.75) is 26.9 Å². The summed E-state index contributed by atoms with van der Waals surface area (Å²) in [4.78, 5) is 28.0. The van der Waals surface area contributed by atoms with Gasteiger partial charge in [0.25, 0.3) is 11.8 Å². The van der Waals surface area contributed by atoms with E-state index < -0.39 is 11.8 Å². The van der Waals surface area contributed by atoms with Gasteiger partial charge in [0.1, 0.15) is 5.75 Å². The molecule has 2 aromatic rings. The van der Waals surface area contributed by atoms with Gasteiger partial charge in [-0.3, -0.25) is 9.59 Å². The van der Waals surface area contributed by atoms with E-state index in [-0.39, 0.29) is 12.7 Å². The fourth-order valence-corrected chi connectivity index (χ4v) is 4.09. The predicted octanol–water partition coefficient (Wildman–Crippen LogP) is 4.45. The molecule has 29 heavy (non-hydrogen) atoms. The second-order valence-corrected chi connectivity index (χ2v) is 8.39. The second kappa shape index (κ2) is 9.03. The van der Waals surface area contributed by atoms with Gasteiger partial charge >= 0.3 is 0 Å². The van der Waals surface area contributed by atoms with Gasteiger partial charge < -0.3 is 9.84 Å². The Hall–Kier alpha value is -2.28. The molecule has 5 nitrogen and oxygen atoms in total. The molecule has 2 amide bonds. The summed E-state index contributed by atoms with van der Waals surface area (Å²) in [6, 6.07) is 12.2. The predicted molar refractivity (Wildman–Crippen MR) is 117 cm³/mol. The van der Waals surface area contributed by atoms with E-state index in [2.05, 4.69) is 0 Å². The molecular weight excluding hydrogens is 410 g/mol. The summed E-state index contributed by atoms with van der Waals surface area (Å²) < 4.78 is 5.66. The topological polar surface area (TPSA) is 66.8 Å². The molecule has 0 saturated heterocycles. The zero-order valence-electron chi connectivity index (χ0n) is 16.4. The van der Waals surface area contributed by atoms with E-state index in [4.69, 9.17) is 16.3 Å². The van der Waals surface area contributed by atoms with Crippen LogP contribution in [0.2, 0.25) is 5.02 Å². The van der Waals surface area contributed by atoms with E-state index in [1.165, 1.54) is 11.8 Å². The highest BCUT2D eigenvalue weighted by Crippen LogP contribution is 2.40. The number of anilines is 1. The standard InChI is InChI=1S/C22H22ClNO4S/c1-13(2)28-17-8-5-15(6-9-17)19-20(29-11-10-25)22(27)24(21(19)26)18-12-16(23)7-4-14(18)3/h4-9,12-13,25H,10-11H2,1-3H3. The molecule has 0 bridgehead atoms. The lowest BCUT2D eigenvalue weighted by atomic mass is 10.1. The normalized spacial score (nSPS) is 14.3. The molecule has 152 valence electrons. The van der Waals surface area contributed by atoms with Crippen molar-refractivity contribution in [1.29, 1.82) is 0 Å². The van der Waals surface area contributed by atoms with Gasteiger partial charge in [-0.05, 0) is 56.2 Å². The highest BCUT2D eigenvalue weighted by Gasteiger charge is 2.40. The van der Waals surface area contributed by atoms with Crippen LogP contribution in [0.3, 0.4) is 0 Å². The molecule has 0 spiro atoms. The molecule has 0 saturated carbocycles.